The summed E-state index contributed by atoms with van der Waals surface area (Å²) in [5.41, 5.74) is 0.348. The summed E-state index contributed by atoms with van der Waals surface area (Å²) in [6.45, 7) is 5.60. The first-order chi connectivity index (χ1) is 11.2. The smallest absolute Gasteiger partial charge is 0.410 e. The largest absolute Gasteiger partial charge is 0.497 e. The topological polar surface area (TPSA) is 65.1 Å². The van der Waals surface area contributed by atoms with Crippen molar-refractivity contribution in [3.8, 4) is 5.75 Å². The van der Waals surface area contributed by atoms with Gasteiger partial charge in [-0.15, -0.1) is 0 Å². The molecule has 0 saturated heterocycles. The Bertz CT molecular complexity index is 565. The number of nitrogens with zero attached hydrogens (tertiary/aromatic N) is 1. The molecule has 1 rings (SSSR count). The van der Waals surface area contributed by atoms with E-state index in [0.717, 1.165) is 11.3 Å². The van der Waals surface area contributed by atoms with Crippen LogP contribution in [0.5, 0.6) is 5.75 Å². The number of hydrogen-bond donors (Lipinski definition) is 0. The van der Waals surface area contributed by atoms with Crippen molar-refractivity contribution >= 4 is 12.1 Å². The van der Waals surface area contributed by atoms with Gasteiger partial charge in [0, 0.05) is 13.6 Å². The fourth-order valence-corrected chi connectivity index (χ4v) is 2.22. The van der Waals surface area contributed by atoms with Gasteiger partial charge in [-0.05, 0) is 44.9 Å². The molecule has 1 aromatic rings. The van der Waals surface area contributed by atoms with Crippen LogP contribution in [-0.4, -0.2) is 50.4 Å². The van der Waals surface area contributed by atoms with Gasteiger partial charge in [-0.2, -0.15) is 0 Å². The van der Waals surface area contributed by atoms with Gasteiger partial charge >= 0.3 is 12.1 Å². The third-order valence-electron chi connectivity index (χ3n) is 3.35. The molecule has 0 fully saturated rings. The van der Waals surface area contributed by atoms with Crippen LogP contribution in [0.1, 0.15) is 26.3 Å². The van der Waals surface area contributed by atoms with E-state index in [-0.39, 0.29) is 12.5 Å². The van der Waals surface area contributed by atoms with Crippen LogP contribution in [0.15, 0.2) is 24.3 Å². The van der Waals surface area contributed by atoms with Crippen molar-refractivity contribution in [2.75, 3.05) is 27.8 Å². The molecule has 0 saturated carbocycles. The molecule has 1 amide bonds. The number of hydrogen-bond acceptors (Lipinski definition) is 5. The van der Waals surface area contributed by atoms with Gasteiger partial charge in [0.05, 0.1) is 20.1 Å². The van der Waals surface area contributed by atoms with E-state index < -0.39 is 17.6 Å². The summed E-state index contributed by atoms with van der Waals surface area (Å²) in [6, 6.07) is 7.47. The summed E-state index contributed by atoms with van der Waals surface area (Å²) in [6.07, 6.45) is -0.0288. The quantitative estimate of drug-likeness (QED) is 0.747. The van der Waals surface area contributed by atoms with Crippen LogP contribution < -0.4 is 4.74 Å². The summed E-state index contributed by atoms with van der Waals surface area (Å²) in [5, 5.41) is 0. The summed E-state index contributed by atoms with van der Waals surface area (Å²) >= 11 is 0. The molecular formula is C18H27NO5. The summed E-state index contributed by atoms with van der Waals surface area (Å²) in [4.78, 5) is 25.6. The van der Waals surface area contributed by atoms with E-state index >= 15 is 0 Å². The van der Waals surface area contributed by atoms with E-state index in [1.165, 1.54) is 12.0 Å². The number of methoxy groups -OCH3 is 2. The number of rotatable bonds is 6. The number of amides is 1. The fraction of sp³-hybridized carbons (Fsp3) is 0.556. The molecule has 6 heteroatoms. The molecule has 1 aromatic carbocycles. The molecule has 0 aliphatic carbocycles. The predicted molar refractivity (Wildman–Crippen MR) is 91.1 cm³/mol. The average Bonchev–Trinajstić information content (AvgIpc) is 2.51. The second kappa shape index (κ2) is 8.57. The molecule has 0 aliphatic rings. The minimum absolute atomic E-state index is 0.207. The Labute approximate surface area is 143 Å². The van der Waals surface area contributed by atoms with Crippen molar-refractivity contribution < 1.29 is 23.8 Å². The average molecular weight is 337 g/mol. The summed E-state index contributed by atoms with van der Waals surface area (Å²) in [7, 11) is 4.54. The molecule has 0 aliphatic heterocycles. The number of carbonyl (C=O) groups excluding carboxylic acids is 2. The van der Waals surface area contributed by atoms with Gasteiger partial charge < -0.3 is 19.1 Å². The summed E-state index contributed by atoms with van der Waals surface area (Å²) in [5.74, 6) is -0.135. The van der Waals surface area contributed by atoms with Crippen LogP contribution in [-0.2, 0) is 20.7 Å². The normalized spacial score (nSPS) is 12.2. The SMILES string of the molecule is COC(=O)C(Cc1cccc(OC)c1)CN(C)C(=O)OC(C)(C)C. The Balaban J connectivity index is 2.82. The second-order valence-electron chi connectivity index (χ2n) is 6.64. The van der Waals surface area contributed by atoms with Crippen molar-refractivity contribution in [3.05, 3.63) is 29.8 Å². The van der Waals surface area contributed by atoms with Gasteiger partial charge in [-0.1, -0.05) is 12.1 Å². The lowest BCUT2D eigenvalue weighted by Gasteiger charge is -2.27. The molecule has 0 radical (unpaired) electrons. The summed E-state index contributed by atoms with van der Waals surface area (Å²) < 4.78 is 15.4. The van der Waals surface area contributed by atoms with Crippen LogP contribution >= 0.6 is 0 Å². The first-order valence-corrected chi connectivity index (χ1v) is 7.81. The molecular weight excluding hydrogens is 310 g/mol. The molecule has 0 N–H and O–H groups in total. The molecule has 6 nitrogen and oxygen atoms in total. The highest BCUT2D eigenvalue weighted by Gasteiger charge is 2.26. The monoisotopic (exact) mass is 337 g/mol. The van der Waals surface area contributed by atoms with Gasteiger partial charge in [0.2, 0.25) is 0 Å². The standard InChI is InChI=1S/C18H27NO5/c1-18(2,3)24-17(21)19(4)12-14(16(20)23-6)10-13-8-7-9-15(11-13)22-5/h7-9,11,14H,10,12H2,1-6H3. The Hall–Kier alpha value is -2.24. The maximum Gasteiger partial charge on any atom is 0.410 e. The van der Waals surface area contributed by atoms with Crippen LogP contribution in [0.4, 0.5) is 4.79 Å². The highest BCUT2D eigenvalue weighted by molar-refractivity contribution is 5.74. The minimum Gasteiger partial charge on any atom is -0.497 e. The zero-order valence-corrected chi connectivity index (χ0v) is 15.3. The van der Waals surface area contributed by atoms with Crippen molar-refractivity contribution in [2.24, 2.45) is 5.92 Å². The number of carbonyl (C=O) groups is 2. The molecule has 24 heavy (non-hydrogen) atoms. The van der Waals surface area contributed by atoms with Gasteiger partial charge in [-0.3, -0.25) is 4.79 Å². The number of ether oxygens (including phenoxy) is 3. The molecule has 0 bridgehead atoms. The van der Waals surface area contributed by atoms with Crippen LogP contribution in [0.3, 0.4) is 0 Å². The molecule has 0 aromatic heterocycles. The van der Waals surface area contributed by atoms with Gasteiger partial charge in [-0.25, -0.2) is 4.79 Å². The highest BCUT2D eigenvalue weighted by atomic mass is 16.6. The Morgan fingerprint density at radius 2 is 1.88 bits per heavy atom. The van der Waals surface area contributed by atoms with Crippen LogP contribution in [0, 0.1) is 5.92 Å². The van der Waals surface area contributed by atoms with E-state index in [0.29, 0.717) is 6.42 Å². The zero-order valence-electron chi connectivity index (χ0n) is 15.3. The number of esters is 1. The molecule has 1 unspecified atom stereocenters. The zero-order chi connectivity index (χ0) is 18.3. The van der Waals surface area contributed by atoms with Gasteiger partial charge in [0.25, 0.3) is 0 Å². The molecule has 134 valence electrons. The third-order valence-corrected chi connectivity index (χ3v) is 3.35. The van der Waals surface area contributed by atoms with E-state index in [1.54, 1.807) is 34.9 Å². The van der Waals surface area contributed by atoms with Crippen LogP contribution in [0.25, 0.3) is 0 Å². The lowest BCUT2D eigenvalue weighted by molar-refractivity contribution is -0.145. The Kier molecular flexibility index (Phi) is 7.07. The molecule has 0 heterocycles. The lowest BCUT2D eigenvalue weighted by atomic mass is 9.98. The first-order valence-electron chi connectivity index (χ1n) is 7.81. The maximum atomic E-state index is 12.1. The van der Waals surface area contributed by atoms with Crippen molar-refractivity contribution in [3.63, 3.8) is 0 Å². The van der Waals surface area contributed by atoms with E-state index in [1.807, 2.05) is 24.3 Å². The maximum absolute atomic E-state index is 12.1. The Morgan fingerprint density at radius 1 is 1.21 bits per heavy atom. The van der Waals surface area contributed by atoms with Gasteiger partial charge in [0.15, 0.2) is 0 Å². The van der Waals surface area contributed by atoms with E-state index in [2.05, 4.69) is 0 Å². The van der Waals surface area contributed by atoms with Crippen molar-refractivity contribution in [1.29, 1.82) is 0 Å². The predicted octanol–water partition coefficient (Wildman–Crippen LogP) is 2.89. The first kappa shape index (κ1) is 19.8. The second-order valence-corrected chi connectivity index (χ2v) is 6.64. The van der Waals surface area contributed by atoms with E-state index in [9.17, 15) is 9.59 Å². The lowest BCUT2D eigenvalue weighted by Crippen LogP contribution is -2.39. The van der Waals surface area contributed by atoms with Crippen molar-refractivity contribution in [2.45, 2.75) is 32.8 Å². The third kappa shape index (κ3) is 6.48. The van der Waals surface area contributed by atoms with Crippen LogP contribution in [0.2, 0.25) is 0 Å². The molecule has 1 atom stereocenters. The fourth-order valence-electron chi connectivity index (χ4n) is 2.22. The van der Waals surface area contributed by atoms with Gasteiger partial charge in [0.1, 0.15) is 11.4 Å². The molecule has 0 spiro atoms. The van der Waals surface area contributed by atoms with Crippen molar-refractivity contribution in [1.82, 2.24) is 4.90 Å². The van der Waals surface area contributed by atoms with E-state index in [4.69, 9.17) is 14.2 Å². The Morgan fingerprint density at radius 3 is 2.42 bits per heavy atom. The number of benzene rings is 1. The highest BCUT2D eigenvalue weighted by Crippen LogP contribution is 2.18. The minimum atomic E-state index is -0.584.